The normalized spacial score (nSPS) is 15.3. The Balaban J connectivity index is 1.25. The molecule has 0 spiro atoms. The molecule has 2 aromatic heterocycles. The summed E-state index contributed by atoms with van der Waals surface area (Å²) >= 11 is 0.229. The van der Waals surface area contributed by atoms with Gasteiger partial charge in [0, 0.05) is 0 Å². The fourth-order valence-corrected chi connectivity index (χ4v) is 13.1. The van der Waals surface area contributed by atoms with Gasteiger partial charge in [0.1, 0.15) is 0 Å². The van der Waals surface area contributed by atoms with E-state index in [9.17, 15) is 0 Å². The first-order chi connectivity index (χ1) is 26.9. The molecule has 0 saturated heterocycles. The van der Waals surface area contributed by atoms with Crippen LogP contribution in [0.2, 0.25) is 0 Å². The van der Waals surface area contributed by atoms with Crippen LogP contribution in [0.1, 0.15) is 61.7 Å². The summed E-state index contributed by atoms with van der Waals surface area (Å²) in [6, 6.07) is 49.5. The topological polar surface area (TPSA) is 13.1 Å². The number of hydrogen-bond donors (Lipinski definition) is 0. The molecule has 4 heterocycles. The number of benzene rings is 6. The van der Waals surface area contributed by atoms with Gasteiger partial charge in [0.15, 0.2) is 0 Å². The van der Waals surface area contributed by atoms with E-state index in [1.54, 1.807) is 5.56 Å². The van der Waals surface area contributed by atoms with Crippen LogP contribution in [0, 0.1) is 0 Å². The summed E-state index contributed by atoms with van der Waals surface area (Å²) in [4.78, 5) is 2.65. The van der Waals surface area contributed by atoms with Crippen LogP contribution in [-0.4, -0.2) is 30.8 Å². The third-order valence-electron chi connectivity index (χ3n) is 13.0. The Morgan fingerprint density at radius 3 is 1.91 bits per heavy atom. The van der Waals surface area contributed by atoms with Crippen LogP contribution >= 0.6 is 0 Å². The summed E-state index contributed by atoms with van der Waals surface area (Å²) in [6.45, 7) is 7.08. The minimum absolute atomic E-state index is 0.0754. The van der Waals surface area contributed by atoms with Gasteiger partial charge >= 0.3 is 331 Å². The molecule has 6 aromatic carbocycles. The van der Waals surface area contributed by atoms with E-state index in [0.717, 1.165) is 25.7 Å². The molecule has 2 aliphatic carbocycles. The summed E-state index contributed by atoms with van der Waals surface area (Å²) in [5, 5.41) is 2.83. The number of aryl methyl sites for hydroxylation is 2. The van der Waals surface area contributed by atoms with Crippen LogP contribution in [-0.2, 0) is 31.1 Å². The Hall–Kier alpha value is -5.22. The van der Waals surface area contributed by atoms with Gasteiger partial charge in [-0.05, 0) is 0 Å². The summed E-state index contributed by atoms with van der Waals surface area (Å²) in [5.74, 6) is 0. The standard InChI is InChI=1S/C50H42BN3Se/c1-50(2,3)31-25-27-32(28-26-31)53-44-22-12-24-47-48(44)51(38-17-6-9-23-46(38)55-47)39-29-33(52-40-18-7-4-13-34(40)36-15-10-20-41(36)52)30-45(49(39)53)54-42-19-8-5-14-35(42)37-16-11-21-43(37)54/h4-9,12-14,17-19,22-30H,10-11,15-16,20-21H2,1-3H3. The van der Waals surface area contributed by atoms with E-state index in [4.69, 9.17) is 0 Å². The number of aromatic nitrogens is 2. The molecular weight excluding hydrogens is 732 g/mol. The van der Waals surface area contributed by atoms with E-state index in [2.05, 4.69) is 162 Å². The molecule has 2 aliphatic heterocycles. The number of hydrogen-bond acceptors (Lipinski definition) is 1. The molecule has 5 heteroatoms. The molecule has 8 aromatic rings. The monoisotopic (exact) mass is 775 g/mol. The minimum atomic E-state index is 0.0754. The van der Waals surface area contributed by atoms with Crippen molar-refractivity contribution in [3.63, 3.8) is 0 Å². The fraction of sp³-hybridized carbons (Fsp3) is 0.200. The molecule has 0 unspecified atom stereocenters. The molecule has 0 radical (unpaired) electrons. The number of rotatable bonds is 3. The van der Waals surface area contributed by atoms with E-state index in [1.165, 1.54) is 111 Å². The second-order valence-corrected chi connectivity index (χ2v) is 19.3. The van der Waals surface area contributed by atoms with Gasteiger partial charge in [0.25, 0.3) is 0 Å². The van der Waals surface area contributed by atoms with Gasteiger partial charge in [-0.25, -0.2) is 0 Å². The first-order valence-electron chi connectivity index (χ1n) is 20.2. The van der Waals surface area contributed by atoms with Gasteiger partial charge in [-0.1, -0.05) is 0 Å². The molecule has 0 fully saturated rings. The number of para-hydroxylation sites is 2. The number of fused-ring (bicyclic) bond motifs is 10. The van der Waals surface area contributed by atoms with Gasteiger partial charge in [-0.2, -0.15) is 0 Å². The van der Waals surface area contributed by atoms with E-state index in [0.29, 0.717) is 0 Å². The van der Waals surface area contributed by atoms with Gasteiger partial charge in [-0.15, -0.1) is 0 Å². The van der Waals surface area contributed by atoms with Gasteiger partial charge in [0.05, 0.1) is 0 Å². The molecule has 0 atom stereocenters. The molecule has 55 heavy (non-hydrogen) atoms. The van der Waals surface area contributed by atoms with Crippen molar-refractivity contribution in [1.29, 1.82) is 0 Å². The van der Waals surface area contributed by atoms with Crippen molar-refractivity contribution in [2.24, 2.45) is 0 Å². The quantitative estimate of drug-likeness (QED) is 0.166. The first kappa shape index (κ1) is 32.1. The Kier molecular flexibility index (Phi) is 6.79. The van der Waals surface area contributed by atoms with Crippen LogP contribution in [0.5, 0.6) is 0 Å². The second-order valence-electron chi connectivity index (χ2n) is 17.1. The van der Waals surface area contributed by atoms with Crippen molar-refractivity contribution in [1.82, 2.24) is 9.13 Å². The van der Waals surface area contributed by atoms with E-state index >= 15 is 0 Å². The van der Waals surface area contributed by atoms with E-state index in [-0.39, 0.29) is 27.1 Å². The summed E-state index contributed by atoms with van der Waals surface area (Å²) < 4.78 is 8.35. The van der Waals surface area contributed by atoms with Crippen molar-refractivity contribution in [2.75, 3.05) is 4.90 Å². The predicted molar refractivity (Wildman–Crippen MR) is 234 cm³/mol. The van der Waals surface area contributed by atoms with Crippen molar-refractivity contribution in [3.8, 4) is 11.4 Å². The van der Waals surface area contributed by atoms with Gasteiger partial charge < -0.3 is 0 Å². The summed E-state index contributed by atoms with van der Waals surface area (Å²) in [5.41, 5.74) is 21.0. The van der Waals surface area contributed by atoms with Crippen LogP contribution in [0.15, 0.2) is 127 Å². The Bertz CT molecular complexity index is 2910. The zero-order valence-electron chi connectivity index (χ0n) is 31.7. The van der Waals surface area contributed by atoms with Crippen LogP contribution < -0.4 is 30.2 Å². The number of nitrogens with zero attached hydrogens (tertiary/aromatic N) is 3. The first-order valence-corrected chi connectivity index (χ1v) is 21.9. The fourth-order valence-electron chi connectivity index (χ4n) is 10.6. The van der Waals surface area contributed by atoms with Crippen molar-refractivity contribution in [2.45, 2.75) is 64.7 Å². The molecule has 3 nitrogen and oxygen atoms in total. The van der Waals surface area contributed by atoms with Crippen molar-refractivity contribution < 1.29 is 0 Å². The maximum absolute atomic E-state index is 2.69. The van der Waals surface area contributed by atoms with Gasteiger partial charge in [0.2, 0.25) is 0 Å². The molecule has 0 bridgehead atoms. The Labute approximate surface area is 329 Å². The predicted octanol–water partition coefficient (Wildman–Crippen LogP) is 8.12. The van der Waals surface area contributed by atoms with Crippen LogP contribution in [0.3, 0.4) is 0 Å². The number of anilines is 3. The summed E-state index contributed by atoms with van der Waals surface area (Å²) in [7, 11) is 0. The average molecular weight is 775 g/mol. The SMILES string of the molecule is CC(C)(C)c1ccc(N2c3cccc4c3B(c3ccccc3[Se]4)c3cc(-n4c5c(c6ccccc64)CCC5)cc(-n4c5c(c6ccccc64)CCC5)c32)cc1. The van der Waals surface area contributed by atoms with Crippen LogP contribution in [0.4, 0.5) is 17.1 Å². The molecule has 0 saturated carbocycles. The molecule has 0 amide bonds. The van der Waals surface area contributed by atoms with Crippen molar-refractivity contribution in [3.05, 3.63) is 155 Å². The molecule has 4 aliphatic rings. The van der Waals surface area contributed by atoms with E-state index < -0.39 is 0 Å². The molecule has 0 N–H and O–H groups in total. The Morgan fingerprint density at radius 2 is 1.18 bits per heavy atom. The van der Waals surface area contributed by atoms with E-state index in [1.807, 2.05) is 0 Å². The molecule has 266 valence electrons. The van der Waals surface area contributed by atoms with Crippen molar-refractivity contribution >= 4 is 85.8 Å². The van der Waals surface area contributed by atoms with Crippen LogP contribution in [0.25, 0.3) is 33.2 Å². The summed E-state index contributed by atoms with van der Waals surface area (Å²) in [6.07, 6.45) is 6.94. The maximum atomic E-state index is 2.69. The second kappa shape index (κ2) is 11.6. The Morgan fingerprint density at radius 1 is 0.545 bits per heavy atom. The zero-order valence-corrected chi connectivity index (χ0v) is 33.4. The average Bonchev–Trinajstić information content (AvgIpc) is 3.99. The zero-order chi connectivity index (χ0) is 36.6. The molecular formula is C50H42BN3Se. The molecule has 12 rings (SSSR count). The third kappa shape index (κ3) is 4.52. The van der Waals surface area contributed by atoms with Gasteiger partial charge in [-0.3, -0.25) is 0 Å². The third-order valence-corrected chi connectivity index (χ3v) is 15.5.